The third-order valence-electron chi connectivity index (χ3n) is 6.75. The molecule has 7 rings (SSSR count). The number of hydrogen-bond acceptors (Lipinski definition) is 0. The summed E-state index contributed by atoms with van der Waals surface area (Å²) < 4.78 is 0. The molecule has 68 valence electrons. The highest BCUT2D eigenvalue weighted by Crippen LogP contribution is 3.05. The van der Waals surface area contributed by atoms with Gasteiger partial charge in [0.05, 0.1) is 0 Å². The fourth-order valence-electron chi connectivity index (χ4n) is 6.74. The van der Waals surface area contributed by atoms with E-state index in [0.717, 1.165) is 23.2 Å². The van der Waals surface area contributed by atoms with Crippen molar-refractivity contribution >= 4 is 0 Å². The average molecular weight is 180 g/mol. The van der Waals surface area contributed by atoms with Crippen LogP contribution in [-0.2, 0) is 5.41 Å². The highest BCUT2D eigenvalue weighted by Gasteiger charge is 3.04. The summed E-state index contributed by atoms with van der Waals surface area (Å²) in [5.41, 5.74) is 2.46. The van der Waals surface area contributed by atoms with Crippen molar-refractivity contribution in [3.63, 3.8) is 0 Å². The molecule has 0 radical (unpaired) electrons. The standard InChI is InChI=1S/C14H12/c1-2-4-6(5-3-1)14-11-8-7-9(11)13(14)10(7)12(8)14/h1-5,7-13H. The van der Waals surface area contributed by atoms with Crippen LogP contribution in [0, 0.1) is 41.4 Å². The van der Waals surface area contributed by atoms with Crippen LogP contribution in [0.15, 0.2) is 30.3 Å². The summed E-state index contributed by atoms with van der Waals surface area (Å²) in [4.78, 5) is 0. The molecule has 0 nitrogen and oxygen atoms in total. The minimum absolute atomic E-state index is 0.760. The Morgan fingerprint density at radius 2 is 1.29 bits per heavy atom. The second-order valence-corrected chi connectivity index (χ2v) is 6.19. The van der Waals surface area contributed by atoms with Crippen molar-refractivity contribution in [2.75, 3.05) is 0 Å². The Hall–Kier alpha value is -0.780. The van der Waals surface area contributed by atoms with Crippen molar-refractivity contribution in [2.45, 2.75) is 5.41 Å². The SMILES string of the molecule is c1ccc(C23C4C5C6C4C2C6C53)cc1. The number of hydrogen-bond donors (Lipinski definition) is 0. The monoisotopic (exact) mass is 180 g/mol. The van der Waals surface area contributed by atoms with Crippen molar-refractivity contribution in [1.82, 2.24) is 0 Å². The lowest BCUT2D eigenvalue weighted by Crippen LogP contribution is -3.06. The minimum atomic E-state index is 0.760. The van der Waals surface area contributed by atoms with Gasteiger partial charge in [0.15, 0.2) is 0 Å². The minimum Gasteiger partial charge on any atom is -0.0622 e. The average Bonchev–Trinajstić information content (AvgIpc) is 2.30. The van der Waals surface area contributed by atoms with Gasteiger partial charge in [-0.2, -0.15) is 0 Å². The third-order valence-corrected chi connectivity index (χ3v) is 6.75. The predicted molar refractivity (Wildman–Crippen MR) is 52.6 cm³/mol. The van der Waals surface area contributed by atoms with Crippen molar-refractivity contribution in [3.05, 3.63) is 35.9 Å². The van der Waals surface area contributed by atoms with Crippen molar-refractivity contribution < 1.29 is 0 Å². The molecule has 0 heterocycles. The summed E-state index contributed by atoms with van der Waals surface area (Å²) >= 11 is 0. The molecule has 0 aliphatic heterocycles. The van der Waals surface area contributed by atoms with Gasteiger partial charge in [-0.3, -0.25) is 0 Å². The molecule has 6 aliphatic rings. The van der Waals surface area contributed by atoms with Gasteiger partial charge < -0.3 is 0 Å². The molecule has 14 heavy (non-hydrogen) atoms. The lowest BCUT2D eigenvalue weighted by Gasteiger charge is -3.08. The smallest absolute Gasteiger partial charge is 0.00548 e. The van der Waals surface area contributed by atoms with Crippen LogP contribution in [0.4, 0.5) is 0 Å². The van der Waals surface area contributed by atoms with Crippen molar-refractivity contribution in [3.8, 4) is 0 Å². The lowest BCUT2D eigenvalue weighted by atomic mass is 8.96. The normalized spacial score (nSPS) is 71.9. The van der Waals surface area contributed by atoms with E-state index in [0.29, 0.717) is 0 Å². The zero-order chi connectivity index (χ0) is 8.65. The van der Waals surface area contributed by atoms with Gasteiger partial charge in [0, 0.05) is 5.41 Å². The maximum absolute atomic E-state index is 2.39. The topological polar surface area (TPSA) is 0 Å². The number of benzene rings is 1. The molecule has 6 fully saturated rings. The van der Waals surface area contributed by atoms with Crippen molar-refractivity contribution in [2.24, 2.45) is 41.4 Å². The molecule has 0 spiro atoms. The van der Waals surface area contributed by atoms with Gasteiger partial charge >= 0.3 is 0 Å². The summed E-state index contributed by atoms with van der Waals surface area (Å²) in [7, 11) is 0. The van der Waals surface area contributed by atoms with Crippen LogP contribution >= 0.6 is 0 Å². The second kappa shape index (κ2) is 1.31. The van der Waals surface area contributed by atoms with E-state index >= 15 is 0 Å². The molecule has 0 unspecified atom stereocenters. The van der Waals surface area contributed by atoms with Gasteiger partial charge in [0.25, 0.3) is 0 Å². The van der Waals surface area contributed by atoms with E-state index in [1.165, 1.54) is 23.7 Å². The van der Waals surface area contributed by atoms with Gasteiger partial charge in [-0.1, -0.05) is 30.3 Å². The predicted octanol–water partition coefficient (Wildman–Crippen LogP) is 2.31. The molecule has 6 aliphatic carbocycles. The molecule has 0 saturated heterocycles. The summed E-state index contributed by atoms with van der Waals surface area (Å²) in [6, 6.07) is 11.4. The van der Waals surface area contributed by atoms with Crippen LogP contribution in [0.25, 0.3) is 0 Å². The van der Waals surface area contributed by atoms with Crippen LogP contribution in [0.5, 0.6) is 0 Å². The highest BCUT2D eigenvalue weighted by molar-refractivity contribution is 5.59. The Morgan fingerprint density at radius 3 is 1.86 bits per heavy atom. The van der Waals surface area contributed by atoms with E-state index in [4.69, 9.17) is 0 Å². The molecule has 0 aromatic heterocycles. The molecule has 0 amide bonds. The summed E-state index contributed by atoms with van der Waals surface area (Å²) in [5.74, 6) is 8.39. The van der Waals surface area contributed by atoms with E-state index in [1.54, 1.807) is 5.56 Å². The van der Waals surface area contributed by atoms with Gasteiger partial charge in [0.2, 0.25) is 0 Å². The lowest BCUT2D eigenvalue weighted by molar-refractivity contribution is -0.581. The first-order valence-electron chi connectivity index (χ1n) is 6.03. The van der Waals surface area contributed by atoms with Crippen LogP contribution in [0.2, 0.25) is 0 Å². The van der Waals surface area contributed by atoms with Gasteiger partial charge in [-0.15, -0.1) is 0 Å². The summed E-state index contributed by atoms with van der Waals surface area (Å²) in [6.45, 7) is 0. The molecule has 1 aromatic carbocycles. The maximum atomic E-state index is 2.39. The molecule has 0 heteroatoms. The van der Waals surface area contributed by atoms with Gasteiger partial charge in [0.1, 0.15) is 0 Å². The first-order chi connectivity index (χ1) is 6.97. The Bertz CT molecular complexity index is 421. The Labute approximate surface area is 83.3 Å². The molecule has 1 aromatic rings. The van der Waals surface area contributed by atoms with E-state index in [1.807, 2.05) is 0 Å². The van der Waals surface area contributed by atoms with Crippen molar-refractivity contribution in [1.29, 1.82) is 0 Å². The molecular weight excluding hydrogens is 168 g/mol. The van der Waals surface area contributed by atoms with Crippen LogP contribution in [0.3, 0.4) is 0 Å². The zero-order valence-corrected chi connectivity index (χ0v) is 7.93. The Morgan fingerprint density at radius 1 is 0.714 bits per heavy atom. The van der Waals surface area contributed by atoms with E-state index in [9.17, 15) is 0 Å². The van der Waals surface area contributed by atoms with E-state index in [-0.39, 0.29) is 0 Å². The summed E-state index contributed by atoms with van der Waals surface area (Å²) in [6.07, 6.45) is 0. The van der Waals surface area contributed by atoms with Crippen LogP contribution in [0.1, 0.15) is 5.56 Å². The molecule has 0 N–H and O–H groups in total. The maximum Gasteiger partial charge on any atom is 0.00548 e. The fourth-order valence-corrected chi connectivity index (χ4v) is 6.74. The summed E-state index contributed by atoms with van der Waals surface area (Å²) in [5, 5.41) is 0. The van der Waals surface area contributed by atoms with Gasteiger partial charge in [-0.05, 0) is 47.0 Å². The first kappa shape index (κ1) is 5.95. The largest absolute Gasteiger partial charge is 0.0622 e. The molecule has 6 saturated carbocycles. The van der Waals surface area contributed by atoms with E-state index < -0.39 is 0 Å². The molecule has 0 bridgehead atoms. The fraction of sp³-hybridized carbons (Fsp3) is 0.571. The second-order valence-electron chi connectivity index (χ2n) is 6.19. The Balaban J connectivity index is 1.61. The highest BCUT2D eigenvalue weighted by atomic mass is 15.1. The van der Waals surface area contributed by atoms with E-state index in [2.05, 4.69) is 30.3 Å². The Kier molecular flexibility index (Phi) is 0.558. The van der Waals surface area contributed by atoms with Crippen LogP contribution in [-0.4, -0.2) is 0 Å². The molecular formula is C14H12. The third kappa shape index (κ3) is 0.259. The van der Waals surface area contributed by atoms with Gasteiger partial charge in [-0.25, -0.2) is 0 Å². The molecule has 0 atom stereocenters. The zero-order valence-electron chi connectivity index (χ0n) is 7.93. The first-order valence-corrected chi connectivity index (χ1v) is 6.03. The quantitative estimate of drug-likeness (QED) is 0.622. The van der Waals surface area contributed by atoms with Crippen LogP contribution < -0.4 is 0 Å². The number of rotatable bonds is 1.